The van der Waals surface area contributed by atoms with Crippen LogP contribution >= 0.6 is 0 Å². The number of carbonyl (C=O) groups excluding carboxylic acids is 1. The van der Waals surface area contributed by atoms with Gasteiger partial charge in [-0.2, -0.15) is 0 Å². The van der Waals surface area contributed by atoms with Crippen LogP contribution in [0.3, 0.4) is 0 Å². The third-order valence-corrected chi connectivity index (χ3v) is 2.02. The van der Waals surface area contributed by atoms with E-state index in [0.29, 0.717) is 17.5 Å². The van der Waals surface area contributed by atoms with Crippen molar-refractivity contribution in [3.8, 4) is 0 Å². The fourth-order valence-electron chi connectivity index (χ4n) is 1.34. The molecule has 1 heterocycles. The SMILES string of the molecule is O=CC=Cc1ccc2cc(F)ccc2n1. The first-order valence-corrected chi connectivity index (χ1v) is 4.48. The van der Waals surface area contributed by atoms with Crippen molar-refractivity contribution in [3.63, 3.8) is 0 Å². The van der Waals surface area contributed by atoms with E-state index in [4.69, 9.17) is 0 Å². The summed E-state index contributed by atoms with van der Waals surface area (Å²) in [4.78, 5) is 14.4. The predicted octanol–water partition coefficient (Wildman–Crippen LogP) is 2.59. The van der Waals surface area contributed by atoms with Gasteiger partial charge in [0.1, 0.15) is 12.1 Å². The predicted molar refractivity (Wildman–Crippen MR) is 56.8 cm³/mol. The molecule has 2 rings (SSSR count). The number of carbonyl (C=O) groups is 1. The van der Waals surface area contributed by atoms with Crippen LogP contribution in [-0.2, 0) is 4.79 Å². The van der Waals surface area contributed by atoms with Crippen LogP contribution in [0.2, 0.25) is 0 Å². The summed E-state index contributed by atoms with van der Waals surface area (Å²) in [5, 5.41) is 0.748. The lowest BCUT2D eigenvalue weighted by Crippen LogP contribution is -1.84. The van der Waals surface area contributed by atoms with Gasteiger partial charge in [-0.05, 0) is 36.4 Å². The summed E-state index contributed by atoms with van der Waals surface area (Å²) in [6.07, 6.45) is 3.67. The van der Waals surface area contributed by atoms with Crippen molar-refractivity contribution in [1.29, 1.82) is 0 Å². The third-order valence-electron chi connectivity index (χ3n) is 2.02. The van der Waals surface area contributed by atoms with Crippen LogP contribution < -0.4 is 0 Å². The summed E-state index contributed by atoms with van der Waals surface area (Å²) in [5.74, 6) is -0.277. The van der Waals surface area contributed by atoms with Gasteiger partial charge < -0.3 is 0 Å². The van der Waals surface area contributed by atoms with Gasteiger partial charge in [-0.1, -0.05) is 6.07 Å². The molecule has 0 saturated carbocycles. The second-order valence-corrected chi connectivity index (χ2v) is 3.07. The Bertz CT molecular complexity index is 534. The first-order valence-electron chi connectivity index (χ1n) is 4.48. The van der Waals surface area contributed by atoms with E-state index in [0.717, 1.165) is 5.39 Å². The van der Waals surface area contributed by atoms with Gasteiger partial charge in [-0.25, -0.2) is 9.37 Å². The minimum absolute atomic E-state index is 0.277. The standard InChI is InChI=1S/C12H8FNO/c13-10-4-6-12-9(8-10)3-5-11(14-12)2-1-7-15/h1-8H. The molecule has 0 aliphatic carbocycles. The molecule has 2 aromatic rings. The van der Waals surface area contributed by atoms with Crippen molar-refractivity contribution in [2.45, 2.75) is 0 Å². The van der Waals surface area contributed by atoms with Crippen molar-refractivity contribution < 1.29 is 9.18 Å². The van der Waals surface area contributed by atoms with Crippen molar-refractivity contribution >= 4 is 23.3 Å². The number of hydrogen-bond acceptors (Lipinski definition) is 2. The van der Waals surface area contributed by atoms with Crippen LogP contribution in [0.5, 0.6) is 0 Å². The Labute approximate surface area is 86.1 Å². The zero-order valence-electron chi connectivity index (χ0n) is 7.85. The molecule has 0 unspecified atom stereocenters. The summed E-state index contributed by atoms with van der Waals surface area (Å²) < 4.78 is 12.9. The van der Waals surface area contributed by atoms with E-state index < -0.39 is 0 Å². The Kier molecular flexibility index (Phi) is 2.54. The van der Waals surface area contributed by atoms with Gasteiger partial charge in [-0.3, -0.25) is 4.79 Å². The lowest BCUT2D eigenvalue weighted by Gasteiger charge is -1.98. The average molecular weight is 201 g/mol. The van der Waals surface area contributed by atoms with Gasteiger partial charge in [0.25, 0.3) is 0 Å². The van der Waals surface area contributed by atoms with Gasteiger partial charge in [0.2, 0.25) is 0 Å². The van der Waals surface area contributed by atoms with Crippen LogP contribution in [0.15, 0.2) is 36.4 Å². The first-order chi connectivity index (χ1) is 7.29. The summed E-state index contributed by atoms with van der Waals surface area (Å²) in [6.45, 7) is 0. The molecule has 1 aromatic heterocycles. The lowest BCUT2D eigenvalue weighted by atomic mass is 10.2. The minimum Gasteiger partial charge on any atom is -0.299 e. The van der Waals surface area contributed by atoms with Gasteiger partial charge >= 0.3 is 0 Å². The number of nitrogens with zero attached hydrogens (tertiary/aromatic N) is 1. The highest BCUT2D eigenvalue weighted by Gasteiger charge is 1.97. The number of hydrogen-bond donors (Lipinski definition) is 0. The van der Waals surface area contributed by atoms with Crippen molar-refractivity contribution in [2.75, 3.05) is 0 Å². The Balaban J connectivity index is 2.52. The summed E-state index contributed by atoms with van der Waals surface area (Å²) in [7, 11) is 0. The van der Waals surface area contributed by atoms with E-state index in [1.165, 1.54) is 18.2 Å². The number of aldehydes is 1. The largest absolute Gasteiger partial charge is 0.299 e. The lowest BCUT2D eigenvalue weighted by molar-refractivity contribution is -0.104. The van der Waals surface area contributed by atoms with Crippen LogP contribution in [0.1, 0.15) is 5.69 Å². The quantitative estimate of drug-likeness (QED) is 0.552. The highest BCUT2D eigenvalue weighted by molar-refractivity contribution is 5.81. The second-order valence-electron chi connectivity index (χ2n) is 3.07. The Morgan fingerprint density at radius 2 is 2.07 bits per heavy atom. The number of halogens is 1. The van der Waals surface area contributed by atoms with Crippen molar-refractivity contribution in [1.82, 2.24) is 4.98 Å². The Morgan fingerprint density at radius 1 is 1.20 bits per heavy atom. The Hall–Kier alpha value is -2.03. The molecule has 1 aromatic carbocycles. The maximum absolute atomic E-state index is 12.9. The summed E-state index contributed by atoms with van der Waals surface area (Å²) >= 11 is 0. The Morgan fingerprint density at radius 3 is 2.87 bits per heavy atom. The molecule has 0 radical (unpaired) electrons. The van der Waals surface area contributed by atoms with Crippen molar-refractivity contribution in [2.24, 2.45) is 0 Å². The number of allylic oxidation sites excluding steroid dienone is 1. The van der Waals surface area contributed by atoms with Gasteiger partial charge in [0.05, 0.1) is 11.2 Å². The zero-order valence-corrected chi connectivity index (χ0v) is 7.85. The van der Waals surface area contributed by atoms with E-state index in [1.807, 2.05) is 0 Å². The molecule has 3 heteroatoms. The highest BCUT2D eigenvalue weighted by Crippen LogP contribution is 2.14. The smallest absolute Gasteiger partial charge is 0.142 e. The monoisotopic (exact) mass is 201 g/mol. The van der Waals surface area contributed by atoms with E-state index in [-0.39, 0.29) is 5.82 Å². The fourth-order valence-corrected chi connectivity index (χ4v) is 1.34. The maximum atomic E-state index is 12.9. The molecule has 15 heavy (non-hydrogen) atoms. The molecule has 0 bridgehead atoms. The van der Waals surface area contributed by atoms with E-state index >= 15 is 0 Å². The zero-order chi connectivity index (χ0) is 10.7. The molecule has 0 N–H and O–H groups in total. The van der Waals surface area contributed by atoms with Crippen LogP contribution in [0.4, 0.5) is 4.39 Å². The summed E-state index contributed by atoms with van der Waals surface area (Å²) in [6, 6.07) is 7.92. The van der Waals surface area contributed by atoms with Crippen LogP contribution in [0, 0.1) is 5.82 Å². The molecule has 0 amide bonds. The average Bonchev–Trinajstić information content (AvgIpc) is 2.26. The molecule has 74 valence electrons. The molecule has 0 aliphatic rings. The second kappa shape index (κ2) is 4.00. The minimum atomic E-state index is -0.277. The van der Waals surface area contributed by atoms with Gasteiger partial charge in [0, 0.05) is 5.39 Å². The molecule has 2 nitrogen and oxygen atoms in total. The molecule has 0 aliphatic heterocycles. The molecule has 0 fully saturated rings. The number of pyridine rings is 1. The van der Waals surface area contributed by atoms with E-state index in [2.05, 4.69) is 4.98 Å². The van der Waals surface area contributed by atoms with Gasteiger partial charge in [0.15, 0.2) is 0 Å². The van der Waals surface area contributed by atoms with Crippen LogP contribution in [0.25, 0.3) is 17.0 Å². The number of rotatable bonds is 2. The molecule has 0 atom stereocenters. The van der Waals surface area contributed by atoms with Gasteiger partial charge in [-0.15, -0.1) is 0 Å². The normalized spacial score (nSPS) is 11.0. The highest BCUT2D eigenvalue weighted by atomic mass is 19.1. The number of aromatic nitrogens is 1. The number of benzene rings is 1. The molecule has 0 saturated heterocycles. The summed E-state index contributed by atoms with van der Waals surface area (Å²) in [5.41, 5.74) is 1.39. The van der Waals surface area contributed by atoms with Crippen LogP contribution in [-0.4, -0.2) is 11.3 Å². The first kappa shape index (κ1) is 9.52. The number of fused-ring (bicyclic) bond motifs is 1. The molecular formula is C12H8FNO. The van der Waals surface area contributed by atoms with Crippen molar-refractivity contribution in [3.05, 3.63) is 47.9 Å². The third kappa shape index (κ3) is 2.07. The fraction of sp³-hybridized carbons (Fsp3) is 0. The topological polar surface area (TPSA) is 30.0 Å². The maximum Gasteiger partial charge on any atom is 0.142 e. The van der Waals surface area contributed by atoms with E-state index in [1.54, 1.807) is 24.3 Å². The molecule has 0 spiro atoms. The molecular weight excluding hydrogens is 193 g/mol. The van der Waals surface area contributed by atoms with E-state index in [9.17, 15) is 9.18 Å².